The summed E-state index contributed by atoms with van der Waals surface area (Å²) in [6.07, 6.45) is 6.89. The molecule has 2 atom stereocenters. The SMILES string of the molecule is O[C@@H]1CCC[C@@]12CCCN(Cc1cc3n(n1)CCCNC3)C2. The zero-order chi connectivity index (χ0) is 15.0. The van der Waals surface area contributed by atoms with E-state index in [1.54, 1.807) is 0 Å². The van der Waals surface area contributed by atoms with Crippen LogP contribution in [0.3, 0.4) is 0 Å². The highest BCUT2D eigenvalue weighted by Gasteiger charge is 2.44. The standard InChI is InChI=1S/C17H28N4O/c22-16-4-1-5-17(16)6-2-8-20(13-17)12-14-10-15-11-18-7-3-9-21(15)19-14/h10,16,18,22H,1-9,11-13H2/t16-,17+/m1/s1. The number of piperidine rings is 1. The monoisotopic (exact) mass is 304 g/mol. The number of hydrogen-bond donors (Lipinski definition) is 2. The molecule has 2 fully saturated rings. The molecule has 1 spiro atoms. The van der Waals surface area contributed by atoms with Crippen molar-refractivity contribution in [3.05, 3.63) is 17.5 Å². The molecule has 1 aromatic heterocycles. The molecule has 0 radical (unpaired) electrons. The molecular weight excluding hydrogens is 276 g/mol. The minimum absolute atomic E-state index is 0.0850. The van der Waals surface area contributed by atoms with E-state index in [4.69, 9.17) is 5.10 Å². The highest BCUT2D eigenvalue weighted by atomic mass is 16.3. The maximum absolute atomic E-state index is 10.4. The lowest BCUT2D eigenvalue weighted by Gasteiger charge is -2.42. The summed E-state index contributed by atoms with van der Waals surface area (Å²) >= 11 is 0. The quantitative estimate of drug-likeness (QED) is 0.869. The van der Waals surface area contributed by atoms with Gasteiger partial charge in [0.2, 0.25) is 0 Å². The maximum atomic E-state index is 10.4. The largest absolute Gasteiger partial charge is 0.393 e. The molecule has 0 amide bonds. The van der Waals surface area contributed by atoms with Crippen molar-refractivity contribution >= 4 is 0 Å². The molecule has 1 saturated heterocycles. The van der Waals surface area contributed by atoms with E-state index in [-0.39, 0.29) is 11.5 Å². The summed E-state index contributed by atoms with van der Waals surface area (Å²) in [5.74, 6) is 0. The van der Waals surface area contributed by atoms with Crippen molar-refractivity contribution in [2.24, 2.45) is 5.41 Å². The lowest BCUT2D eigenvalue weighted by Crippen LogP contribution is -2.46. The van der Waals surface area contributed by atoms with E-state index < -0.39 is 0 Å². The van der Waals surface area contributed by atoms with Gasteiger partial charge in [-0.1, -0.05) is 6.42 Å². The summed E-state index contributed by atoms with van der Waals surface area (Å²) in [4.78, 5) is 2.52. The summed E-state index contributed by atoms with van der Waals surface area (Å²) < 4.78 is 2.18. The third-order valence-corrected chi connectivity index (χ3v) is 5.88. The Morgan fingerprint density at radius 3 is 3.05 bits per heavy atom. The number of hydrogen-bond acceptors (Lipinski definition) is 4. The predicted molar refractivity (Wildman–Crippen MR) is 85.4 cm³/mol. The van der Waals surface area contributed by atoms with Crippen LogP contribution in [0.4, 0.5) is 0 Å². The molecule has 0 bridgehead atoms. The van der Waals surface area contributed by atoms with Crippen LogP contribution in [0.1, 0.15) is 49.9 Å². The van der Waals surface area contributed by atoms with E-state index in [9.17, 15) is 5.11 Å². The molecule has 1 aromatic rings. The van der Waals surface area contributed by atoms with Crippen LogP contribution >= 0.6 is 0 Å². The Hall–Kier alpha value is -0.910. The summed E-state index contributed by atoms with van der Waals surface area (Å²) in [5.41, 5.74) is 2.69. The van der Waals surface area contributed by atoms with Crippen molar-refractivity contribution in [1.29, 1.82) is 0 Å². The predicted octanol–water partition coefficient (Wildman–Crippen LogP) is 1.50. The van der Waals surface area contributed by atoms with Gasteiger partial charge in [-0.2, -0.15) is 5.10 Å². The van der Waals surface area contributed by atoms with Gasteiger partial charge in [0.05, 0.1) is 17.5 Å². The first-order valence-corrected chi connectivity index (χ1v) is 8.92. The summed E-state index contributed by atoms with van der Waals surface area (Å²) in [7, 11) is 0. The van der Waals surface area contributed by atoms with Gasteiger partial charge < -0.3 is 10.4 Å². The molecule has 1 saturated carbocycles. The number of aliphatic hydroxyl groups is 1. The molecule has 2 aliphatic heterocycles. The fourth-order valence-corrected chi connectivity index (χ4v) is 4.72. The number of fused-ring (bicyclic) bond motifs is 1. The maximum Gasteiger partial charge on any atom is 0.0768 e. The minimum Gasteiger partial charge on any atom is -0.393 e. The van der Waals surface area contributed by atoms with Crippen LogP contribution in [0.25, 0.3) is 0 Å². The van der Waals surface area contributed by atoms with Gasteiger partial charge in [-0.15, -0.1) is 0 Å². The van der Waals surface area contributed by atoms with E-state index in [2.05, 4.69) is 21.0 Å². The fraction of sp³-hybridized carbons (Fsp3) is 0.824. The Morgan fingerprint density at radius 2 is 2.18 bits per heavy atom. The van der Waals surface area contributed by atoms with Crippen LogP contribution in [-0.2, 0) is 19.6 Å². The lowest BCUT2D eigenvalue weighted by molar-refractivity contribution is -0.0123. The number of nitrogens with one attached hydrogen (secondary N) is 1. The van der Waals surface area contributed by atoms with Gasteiger partial charge in [0, 0.05) is 31.6 Å². The van der Waals surface area contributed by atoms with E-state index in [0.717, 1.165) is 52.1 Å². The van der Waals surface area contributed by atoms with Crippen LogP contribution in [0.2, 0.25) is 0 Å². The number of aromatic nitrogens is 2. The Labute approximate surface area is 132 Å². The van der Waals surface area contributed by atoms with Gasteiger partial charge in [0.15, 0.2) is 0 Å². The molecule has 1 aliphatic carbocycles. The molecular formula is C17H28N4O. The normalized spacial score (nSPS) is 33.0. The minimum atomic E-state index is -0.0850. The van der Waals surface area contributed by atoms with Gasteiger partial charge in [-0.05, 0) is 51.3 Å². The van der Waals surface area contributed by atoms with Crippen LogP contribution in [-0.4, -0.2) is 45.5 Å². The molecule has 0 unspecified atom stereocenters. The highest BCUT2D eigenvalue weighted by molar-refractivity contribution is 5.12. The van der Waals surface area contributed by atoms with Gasteiger partial charge in [0.1, 0.15) is 0 Å². The molecule has 3 heterocycles. The highest BCUT2D eigenvalue weighted by Crippen LogP contribution is 2.45. The number of aryl methyl sites for hydroxylation is 1. The van der Waals surface area contributed by atoms with E-state index >= 15 is 0 Å². The lowest BCUT2D eigenvalue weighted by atomic mass is 9.76. The molecule has 5 heteroatoms. The summed E-state index contributed by atoms with van der Waals surface area (Å²) in [6.45, 7) is 6.20. The van der Waals surface area contributed by atoms with Crippen LogP contribution in [0, 0.1) is 5.41 Å². The topological polar surface area (TPSA) is 53.3 Å². The third-order valence-electron chi connectivity index (χ3n) is 5.88. The van der Waals surface area contributed by atoms with Crippen molar-refractivity contribution < 1.29 is 5.11 Å². The Balaban J connectivity index is 1.45. The fourth-order valence-electron chi connectivity index (χ4n) is 4.72. The smallest absolute Gasteiger partial charge is 0.0768 e. The van der Waals surface area contributed by atoms with Crippen molar-refractivity contribution in [2.75, 3.05) is 19.6 Å². The second kappa shape index (κ2) is 5.95. The molecule has 3 aliphatic rings. The first kappa shape index (κ1) is 14.7. The second-order valence-electron chi connectivity index (χ2n) is 7.47. The zero-order valence-electron chi connectivity index (χ0n) is 13.4. The first-order valence-electron chi connectivity index (χ1n) is 8.92. The van der Waals surface area contributed by atoms with Gasteiger partial charge in [-0.3, -0.25) is 9.58 Å². The molecule has 122 valence electrons. The average Bonchev–Trinajstić information content (AvgIpc) is 2.96. The van der Waals surface area contributed by atoms with Crippen LogP contribution in [0.5, 0.6) is 0 Å². The summed E-state index contributed by atoms with van der Waals surface area (Å²) in [5, 5.41) is 18.7. The average molecular weight is 304 g/mol. The Kier molecular flexibility index (Phi) is 3.96. The van der Waals surface area contributed by atoms with Crippen LogP contribution < -0.4 is 5.32 Å². The number of aliphatic hydroxyl groups excluding tert-OH is 1. The number of likely N-dealkylation sites (tertiary alicyclic amines) is 1. The van der Waals surface area contributed by atoms with E-state index in [0.29, 0.717) is 0 Å². The number of rotatable bonds is 2. The van der Waals surface area contributed by atoms with Crippen molar-refractivity contribution in [3.63, 3.8) is 0 Å². The zero-order valence-corrected chi connectivity index (χ0v) is 13.4. The first-order chi connectivity index (χ1) is 10.8. The van der Waals surface area contributed by atoms with E-state index in [1.165, 1.54) is 37.1 Å². The molecule has 0 aromatic carbocycles. The number of nitrogens with zero attached hydrogens (tertiary/aromatic N) is 3. The van der Waals surface area contributed by atoms with Gasteiger partial charge in [0.25, 0.3) is 0 Å². The Morgan fingerprint density at radius 1 is 1.27 bits per heavy atom. The molecule has 2 N–H and O–H groups in total. The van der Waals surface area contributed by atoms with Crippen molar-refractivity contribution in [3.8, 4) is 0 Å². The van der Waals surface area contributed by atoms with Gasteiger partial charge >= 0.3 is 0 Å². The van der Waals surface area contributed by atoms with Crippen molar-refractivity contribution in [1.82, 2.24) is 20.0 Å². The molecule has 5 nitrogen and oxygen atoms in total. The van der Waals surface area contributed by atoms with Crippen LogP contribution in [0.15, 0.2) is 6.07 Å². The molecule has 4 rings (SSSR count). The third kappa shape index (κ3) is 2.70. The second-order valence-corrected chi connectivity index (χ2v) is 7.47. The summed E-state index contributed by atoms with van der Waals surface area (Å²) in [6, 6.07) is 2.27. The van der Waals surface area contributed by atoms with E-state index in [1.807, 2.05) is 0 Å². The van der Waals surface area contributed by atoms with Gasteiger partial charge in [-0.25, -0.2) is 0 Å². The van der Waals surface area contributed by atoms with Crippen molar-refractivity contribution in [2.45, 2.75) is 64.3 Å². The molecule has 22 heavy (non-hydrogen) atoms. The Bertz CT molecular complexity index is 505.